The van der Waals surface area contributed by atoms with Crippen LogP contribution in [0.15, 0.2) is 21.9 Å². The Morgan fingerprint density at radius 1 is 1.40 bits per heavy atom. The van der Waals surface area contributed by atoms with Gasteiger partial charge in [-0.2, -0.15) is 0 Å². The van der Waals surface area contributed by atoms with Gasteiger partial charge in [0.15, 0.2) is 13.0 Å². The summed E-state index contributed by atoms with van der Waals surface area (Å²) in [6, 6.07) is 1.17. The fourth-order valence-electron chi connectivity index (χ4n) is 2.47. The van der Waals surface area contributed by atoms with Crippen molar-refractivity contribution >= 4 is 5.97 Å². The summed E-state index contributed by atoms with van der Waals surface area (Å²) in [5.41, 5.74) is -1.90. The number of ether oxygens (including phenoxy) is 3. The normalized spacial score (nSPS) is 26.6. The summed E-state index contributed by atoms with van der Waals surface area (Å²) in [5.74, 6) is -0.453. The third-order valence-electron chi connectivity index (χ3n) is 3.90. The first kappa shape index (κ1) is 19.4. The highest BCUT2D eigenvalue weighted by Crippen LogP contribution is 2.32. The lowest BCUT2D eigenvalue weighted by molar-refractivity contribution is -0.179. The molecule has 1 fully saturated rings. The van der Waals surface area contributed by atoms with Crippen molar-refractivity contribution in [3.8, 4) is 0 Å². The van der Waals surface area contributed by atoms with Gasteiger partial charge in [-0.3, -0.25) is 19.1 Å². The zero-order chi connectivity index (χ0) is 18.8. The minimum atomic E-state index is -1.01. The SMILES string of the molecule is CC[C@H]1O[C@@H](n2ccc(=O)[nH]c2=O)C(OCOC(=O)C(C)(C)C)[C@H]1O. The molecule has 1 saturated heterocycles. The lowest BCUT2D eigenvalue weighted by Crippen LogP contribution is -2.39. The van der Waals surface area contributed by atoms with Crippen LogP contribution in [0, 0.1) is 5.41 Å². The van der Waals surface area contributed by atoms with Crippen molar-refractivity contribution in [3.63, 3.8) is 0 Å². The van der Waals surface area contributed by atoms with Crippen LogP contribution < -0.4 is 11.2 Å². The van der Waals surface area contributed by atoms with Gasteiger partial charge >= 0.3 is 11.7 Å². The van der Waals surface area contributed by atoms with Crippen LogP contribution in [0.5, 0.6) is 0 Å². The zero-order valence-corrected chi connectivity index (χ0v) is 14.7. The van der Waals surface area contributed by atoms with Crippen molar-refractivity contribution in [2.45, 2.75) is 58.7 Å². The number of nitrogens with zero attached hydrogens (tertiary/aromatic N) is 1. The number of carbonyl (C=O) groups excluding carboxylic acids is 1. The molecule has 0 aromatic carbocycles. The second-order valence-corrected chi connectivity index (χ2v) is 6.91. The third-order valence-corrected chi connectivity index (χ3v) is 3.90. The molecule has 0 radical (unpaired) electrons. The van der Waals surface area contributed by atoms with Crippen LogP contribution in [0.1, 0.15) is 40.3 Å². The number of aliphatic hydroxyl groups is 1. The van der Waals surface area contributed by atoms with Crippen LogP contribution in [0.4, 0.5) is 0 Å². The summed E-state index contributed by atoms with van der Waals surface area (Å²) in [7, 11) is 0. The summed E-state index contributed by atoms with van der Waals surface area (Å²) >= 11 is 0. The Bertz CT molecular complexity index is 718. The molecule has 9 heteroatoms. The van der Waals surface area contributed by atoms with E-state index < -0.39 is 47.2 Å². The molecule has 0 bridgehead atoms. The van der Waals surface area contributed by atoms with Crippen LogP contribution in [0.25, 0.3) is 0 Å². The number of H-pyrrole nitrogens is 1. The van der Waals surface area contributed by atoms with Crippen molar-refractivity contribution in [1.29, 1.82) is 0 Å². The highest BCUT2D eigenvalue weighted by molar-refractivity contribution is 5.75. The number of nitrogens with one attached hydrogen (secondary N) is 1. The number of rotatable bonds is 5. The second-order valence-electron chi connectivity index (χ2n) is 6.91. The first-order valence-corrected chi connectivity index (χ1v) is 8.09. The summed E-state index contributed by atoms with van der Waals surface area (Å²) in [6.45, 7) is 6.56. The summed E-state index contributed by atoms with van der Waals surface area (Å²) < 4.78 is 17.4. The lowest BCUT2D eigenvalue weighted by atomic mass is 9.98. The van der Waals surface area contributed by atoms with E-state index >= 15 is 0 Å². The van der Waals surface area contributed by atoms with Crippen LogP contribution in [-0.2, 0) is 19.0 Å². The molecular formula is C16H24N2O7. The van der Waals surface area contributed by atoms with Crippen LogP contribution >= 0.6 is 0 Å². The van der Waals surface area contributed by atoms with Gasteiger partial charge in [0.2, 0.25) is 0 Å². The summed E-state index contributed by atoms with van der Waals surface area (Å²) in [4.78, 5) is 37.1. The molecule has 2 rings (SSSR count). The number of hydrogen-bond acceptors (Lipinski definition) is 7. The van der Waals surface area contributed by atoms with Crippen LogP contribution in [-0.4, -0.2) is 45.7 Å². The smallest absolute Gasteiger partial charge is 0.330 e. The van der Waals surface area contributed by atoms with Gasteiger partial charge < -0.3 is 19.3 Å². The molecule has 1 aromatic rings. The Hall–Kier alpha value is -1.97. The van der Waals surface area contributed by atoms with Gasteiger partial charge in [-0.25, -0.2) is 4.79 Å². The fraction of sp³-hybridized carbons (Fsp3) is 0.688. The zero-order valence-electron chi connectivity index (χ0n) is 14.7. The Morgan fingerprint density at radius 3 is 2.64 bits per heavy atom. The molecule has 2 heterocycles. The predicted molar refractivity (Wildman–Crippen MR) is 86.8 cm³/mol. The van der Waals surface area contributed by atoms with E-state index in [2.05, 4.69) is 4.98 Å². The molecule has 1 aliphatic rings. The Balaban J connectivity index is 2.15. The van der Waals surface area contributed by atoms with Crippen molar-refractivity contribution in [2.75, 3.05) is 6.79 Å². The number of aromatic nitrogens is 2. The Morgan fingerprint density at radius 2 is 2.08 bits per heavy atom. The molecule has 2 N–H and O–H groups in total. The molecule has 0 amide bonds. The van der Waals surface area contributed by atoms with Gasteiger partial charge in [-0.05, 0) is 27.2 Å². The molecule has 9 nitrogen and oxygen atoms in total. The first-order chi connectivity index (χ1) is 11.6. The first-order valence-electron chi connectivity index (χ1n) is 8.09. The molecule has 1 unspecified atom stereocenters. The van der Waals surface area contributed by atoms with Crippen molar-refractivity contribution < 1.29 is 24.1 Å². The average Bonchev–Trinajstić information content (AvgIpc) is 2.83. The molecule has 1 aromatic heterocycles. The maximum absolute atomic E-state index is 12.0. The standard InChI is InChI=1S/C16H24N2O7/c1-5-9-11(20)12(23-8-24-14(21)16(2,3)4)13(25-9)18-7-6-10(19)17-15(18)22/h6-7,9,11-13,20H,5,8H2,1-4H3,(H,17,19,22)/t9-,11+,12?,13-/m1/s1. The topological polar surface area (TPSA) is 120 Å². The van der Waals surface area contributed by atoms with Crippen LogP contribution in [0.2, 0.25) is 0 Å². The monoisotopic (exact) mass is 356 g/mol. The quantitative estimate of drug-likeness (QED) is 0.568. The minimum Gasteiger partial charge on any atom is -0.438 e. The molecule has 1 aliphatic heterocycles. The summed E-state index contributed by atoms with van der Waals surface area (Å²) in [6.07, 6.45) is -1.67. The molecular weight excluding hydrogens is 332 g/mol. The van der Waals surface area contributed by atoms with Gasteiger partial charge in [-0.15, -0.1) is 0 Å². The van der Waals surface area contributed by atoms with E-state index in [0.29, 0.717) is 6.42 Å². The highest BCUT2D eigenvalue weighted by atomic mass is 16.7. The molecule has 25 heavy (non-hydrogen) atoms. The molecule has 0 saturated carbocycles. The van der Waals surface area contributed by atoms with Crippen molar-refractivity contribution in [2.24, 2.45) is 5.41 Å². The predicted octanol–water partition coefficient (Wildman–Crippen LogP) is 0.137. The highest BCUT2D eigenvalue weighted by Gasteiger charge is 2.45. The van der Waals surface area contributed by atoms with Crippen molar-refractivity contribution in [3.05, 3.63) is 33.1 Å². The van der Waals surface area contributed by atoms with Gasteiger partial charge in [0, 0.05) is 12.3 Å². The molecule has 4 atom stereocenters. The summed E-state index contributed by atoms with van der Waals surface area (Å²) in [5, 5.41) is 10.4. The average molecular weight is 356 g/mol. The number of aliphatic hydroxyl groups excluding tert-OH is 1. The fourth-order valence-corrected chi connectivity index (χ4v) is 2.47. The largest absolute Gasteiger partial charge is 0.438 e. The maximum Gasteiger partial charge on any atom is 0.330 e. The van der Waals surface area contributed by atoms with Gasteiger partial charge in [-0.1, -0.05) is 6.92 Å². The second kappa shape index (κ2) is 7.51. The van der Waals surface area contributed by atoms with E-state index in [0.717, 1.165) is 4.57 Å². The molecule has 0 aliphatic carbocycles. The van der Waals surface area contributed by atoms with E-state index in [1.807, 2.05) is 6.92 Å². The van der Waals surface area contributed by atoms with E-state index in [9.17, 15) is 19.5 Å². The van der Waals surface area contributed by atoms with Gasteiger partial charge in [0.1, 0.15) is 12.2 Å². The third kappa shape index (κ3) is 4.36. The molecule has 0 spiro atoms. The van der Waals surface area contributed by atoms with Gasteiger partial charge in [0.05, 0.1) is 11.5 Å². The number of aromatic amines is 1. The van der Waals surface area contributed by atoms with E-state index in [1.165, 1.54) is 12.3 Å². The Kier molecular flexibility index (Phi) is 5.81. The lowest BCUT2D eigenvalue weighted by Gasteiger charge is -2.23. The van der Waals surface area contributed by atoms with E-state index in [1.54, 1.807) is 20.8 Å². The number of carbonyl (C=O) groups is 1. The van der Waals surface area contributed by atoms with E-state index in [4.69, 9.17) is 14.2 Å². The Labute approximate surface area is 144 Å². The van der Waals surface area contributed by atoms with Crippen molar-refractivity contribution in [1.82, 2.24) is 9.55 Å². The number of hydrogen-bond donors (Lipinski definition) is 2. The minimum absolute atomic E-state index is 0.383. The maximum atomic E-state index is 12.0. The van der Waals surface area contributed by atoms with E-state index in [-0.39, 0.29) is 6.79 Å². The van der Waals surface area contributed by atoms with Crippen LogP contribution in [0.3, 0.4) is 0 Å². The number of esters is 1. The molecule has 140 valence electrons. The van der Waals surface area contributed by atoms with Gasteiger partial charge in [0.25, 0.3) is 5.56 Å².